The Morgan fingerprint density at radius 1 is 1.12 bits per heavy atom. The molecule has 0 aliphatic heterocycles. The lowest BCUT2D eigenvalue weighted by Crippen LogP contribution is -2.25. The molecule has 0 aliphatic carbocycles. The number of benzene rings is 2. The van der Waals surface area contributed by atoms with E-state index in [9.17, 15) is 4.79 Å². The molecule has 1 heterocycles. The summed E-state index contributed by atoms with van der Waals surface area (Å²) in [5, 5.41) is 4.41. The van der Waals surface area contributed by atoms with Crippen molar-refractivity contribution in [1.82, 2.24) is 10.3 Å². The molecule has 25 heavy (non-hydrogen) atoms. The Morgan fingerprint density at radius 3 is 2.80 bits per heavy atom. The standard InChI is InChI=1S/C20H17ClN2O2/c21-17-8-2-4-10-19(17)25-12-6-5-11-22-20(24)13-15-14-23-18-9-3-1-7-16(15)18/h1-4,7-10,14,23H,11-13H2,(H,22,24). The van der Waals surface area contributed by atoms with Crippen LogP contribution in [0.15, 0.2) is 54.7 Å². The number of para-hydroxylation sites is 2. The molecule has 4 nitrogen and oxygen atoms in total. The lowest BCUT2D eigenvalue weighted by Gasteiger charge is -2.03. The van der Waals surface area contributed by atoms with E-state index in [1.165, 1.54) is 0 Å². The van der Waals surface area contributed by atoms with Gasteiger partial charge in [-0.1, -0.05) is 53.8 Å². The molecule has 0 spiro atoms. The van der Waals surface area contributed by atoms with E-state index in [0.29, 0.717) is 17.2 Å². The van der Waals surface area contributed by atoms with Gasteiger partial charge in [0.1, 0.15) is 12.4 Å². The van der Waals surface area contributed by atoms with Gasteiger partial charge in [0, 0.05) is 17.1 Å². The number of hydrogen-bond acceptors (Lipinski definition) is 2. The number of carbonyl (C=O) groups excluding carboxylic acids is 1. The van der Waals surface area contributed by atoms with Crippen molar-refractivity contribution in [3.05, 3.63) is 65.3 Å². The second-order valence-electron chi connectivity index (χ2n) is 5.39. The second-order valence-corrected chi connectivity index (χ2v) is 5.79. The minimum Gasteiger partial charge on any atom is -0.479 e. The lowest BCUT2D eigenvalue weighted by molar-refractivity contribution is -0.120. The van der Waals surface area contributed by atoms with Crippen LogP contribution in [0.25, 0.3) is 10.9 Å². The van der Waals surface area contributed by atoms with Gasteiger partial charge in [-0.25, -0.2) is 0 Å². The van der Waals surface area contributed by atoms with Crippen LogP contribution in [0.4, 0.5) is 0 Å². The molecule has 0 saturated carbocycles. The number of halogens is 1. The van der Waals surface area contributed by atoms with E-state index in [2.05, 4.69) is 22.1 Å². The molecule has 0 saturated heterocycles. The smallest absolute Gasteiger partial charge is 0.225 e. The predicted molar refractivity (Wildman–Crippen MR) is 99.7 cm³/mol. The van der Waals surface area contributed by atoms with Gasteiger partial charge in [-0.15, -0.1) is 0 Å². The molecule has 0 aliphatic rings. The first-order valence-electron chi connectivity index (χ1n) is 7.89. The number of nitrogens with one attached hydrogen (secondary N) is 2. The van der Waals surface area contributed by atoms with E-state index in [0.717, 1.165) is 16.5 Å². The molecule has 0 radical (unpaired) electrons. The van der Waals surface area contributed by atoms with Crippen molar-refractivity contribution in [2.45, 2.75) is 6.42 Å². The summed E-state index contributed by atoms with van der Waals surface area (Å²) in [5.74, 6) is 6.25. The molecule has 0 fully saturated rings. The van der Waals surface area contributed by atoms with Crippen molar-refractivity contribution in [1.29, 1.82) is 0 Å². The minimum atomic E-state index is -0.0638. The summed E-state index contributed by atoms with van der Waals surface area (Å²) in [6.07, 6.45) is 2.19. The number of carbonyl (C=O) groups is 1. The molecule has 126 valence electrons. The first kappa shape index (κ1) is 16.9. The highest BCUT2D eigenvalue weighted by atomic mass is 35.5. The fraction of sp³-hybridized carbons (Fsp3) is 0.150. The molecule has 5 heteroatoms. The van der Waals surface area contributed by atoms with E-state index >= 15 is 0 Å². The quantitative estimate of drug-likeness (QED) is 0.690. The van der Waals surface area contributed by atoms with Crippen LogP contribution in [0.3, 0.4) is 0 Å². The first-order chi connectivity index (χ1) is 12.2. The van der Waals surface area contributed by atoms with Crippen LogP contribution in [-0.2, 0) is 11.2 Å². The third-order valence-corrected chi connectivity index (χ3v) is 3.97. The van der Waals surface area contributed by atoms with Gasteiger partial charge in [-0.05, 0) is 23.8 Å². The third kappa shape index (κ3) is 4.56. The number of amides is 1. The maximum absolute atomic E-state index is 12.0. The topological polar surface area (TPSA) is 54.1 Å². The number of aromatic nitrogens is 1. The number of H-pyrrole nitrogens is 1. The lowest BCUT2D eigenvalue weighted by atomic mass is 10.1. The van der Waals surface area contributed by atoms with Crippen molar-refractivity contribution < 1.29 is 9.53 Å². The van der Waals surface area contributed by atoms with Crippen LogP contribution in [0, 0.1) is 11.8 Å². The van der Waals surface area contributed by atoms with Crippen molar-refractivity contribution in [2.24, 2.45) is 0 Å². The SMILES string of the molecule is O=C(Cc1c[nH]c2ccccc12)NCC#CCOc1ccccc1Cl. The van der Waals surface area contributed by atoms with Gasteiger partial charge in [0.15, 0.2) is 0 Å². The van der Waals surface area contributed by atoms with E-state index in [4.69, 9.17) is 16.3 Å². The Labute approximate surface area is 151 Å². The highest BCUT2D eigenvalue weighted by molar-refractivity contribution is 6.32. The molecule has 1 aromatic heterocycles. The molecule has 0 bridgehead atoms. The van der Waals surface area contributed by atoms with Crippen LogP contribution in [0.1, 0.15) is 5.56 Å². The molecule has 3 aromatic rings. The number of hydrogen-bond donors (Lipinski definition) is 2. The number of aromatic amines is 1. The normalized spacial score (nSPS) is 10.1. The van der Waals surface area contributed by atoms with Gasteiger partial charge in [0.25, 0.3) is 0 Å². The van der Waals surface area contributed by atoms with Crippen LogP contribution in [-0.4, -0.2) is 24.0 Å². The van der Waals surface area contributed by atoms with Gasteiger partial charge in [0.2, 0.25) is 5.91 Å². The minimum absolute atomic E-state index is 0.0638. The van der Waals surface area contributed by atoms with Crippen molar-refractivity contribution in [3.8, 4) is 17.6 Å². The van der Waals surface area contributed by atoms with Crippen molar-refractivity contribution in [2.75, 3.05) is 13.2 Å². The van der Waals surface area contributed by atoms with Crippen LogP contribution >= 0.6 is 11.6 Å². The molecule has 1 amide bonds. The van der Waals surface area contributed by atoms with Crippen molar-refractivity contribution >= 4 is 28.4 Å². The van der Waals surface area contributed by atoms with Crippen molar-refractivity contribution in [3.63, 3.8) is 0 Å². The van der Waals surface area contributed by atoms with Gasteiger partial charge in [-0.2, -0.15) is 0 Å². The summed E-state index contributed by atoms with van der Waals surface area (Å²) < 4.78 is 5.45. The Balaban J connectivity index is 1.43. The zero-order valence-electron chi connectivity index (χ0n) is 13.5. The van der Waals surface area contributed by atoms with Gasteiger partial charge >= 0.3 is 0 Å². The summed E-state index contributed by atoms with van der Waals surface area (Å²) in [6, 6.07) is 15.1. The summed E-state index contributed by atoms with van der Waals surface area (Å²) in [6.45, 7) is 0.509. The predicted octanol–water partition coefficient (Wildman–Crippen LogP) is 3.56. The Morgan fingerprint density at radius 2 is 1.92 bits per heavy atom. The molecular weight excluding hydrogens is 336 g/mol. The Kier molecular flexibility index (Phi) is 5.61. The third-order valence-electron chi connectivity index (χ3n) is 3.66. The average Bonchev–Trinajstić information content (AvgIpc) is 3.02. The van der Waals surface area contributed by atoms with E-state index in [1.54, 1.807) is 12.1 Å². The second kappa shape index (κ2) is 8.27. The summed E-state index contributed by atoms with van der Waals surface area (Å²) >= 11 is 5.98. The Bertz CT molecular complexity index is 937. The molecule has 3 rings (SSSR count). The van der Waals surface area contributed by atoms with Gasteiger partial charge in [-0.3, -0.25) is 4.79 Å². The average molecular weight is 353 g/mol. The number of rotatable bonds is 5. The zero-order chi connectivity index (χ0) is 17.5. The van der Waals surface area contributed by atoms with Crippen LogP contribution < -0.4 is 10.1 Å². The van der Waals surface area contributed by atoms with Gasteiger partial charge in [0.05, 0.1) is 18.0 Å². The monoisotopic (exact) mass is 352 g/mol. The molecule has 2 aromatic carbocycles. The largest absolute Gasteiger partial charge is 0.479 e. The maximum Gasteiger partial charge on any atom is 0.225 e. The fourth-order valence-corrected chi connectivity index (χ4v) is 2.64. The number of ether oxygens (including phenoxy) is 1. The van der Waals surface area contributed by atoms with E-state index < -0.39 is 0 Å². The maximum atomic E-state index is 12.0. The highest BCUT2D eigenvalue weighted by Gasteiger charge is 2.07. The number of fused-ring (bicyclic) bond motifs is 1. The zero-order valence-corrected chi connectivity index (χ0v) is 14.3. The first-order valence-corrected chi connectivity index (χ1v) is 8.26. The van der Waals surface area contributed by atoms with Crippen LogP contribution in [0.5, 0.6) is 5.75 Å². The molecular formula is C20H17ClN2O2. The Hall–Kier alpha value is -2.90. The summed E-state index contributed by atoms with van der Waals surface area (Å²) in [5.41, 5.74) is 2.00. The van der Waals surface area contributed by atoms with E-state index in [1.807, 2.05) is 42.6 Å². The summed E-state index contributed by atoms with van der Waals surface area (Å²) in [4.78, 5) is 15.2. The summed E-state index contributed by atoms with van der Waals surface area (Å²) in [7, 11) is 0. The molecule has 0 atom stereocenters. The molecule has 0 unspecified atom stereocenters. The molecule has 2 N–H and O–H groups in total. The fourth-order valence-electron chi connectivity index (χ4n) is 2.45. The van der Waals surface area contributed by atoms with Crippen LogP contribution in [0.2, 0.25) is 5.02 Å². The van der Waals surface area contributed by atoms with Gasteiger partial charge < -0.3 is 15.0 Å². The highest BCUT2D eigenvalue weighted by Crippen LogP contribution is 2.22. The van der Waals surface area contributed by atoms with E-state index in [-0.39, 0.29) is 19.1 Å².